The van der Waals surface area contributed by atoms with Gasteiger partial charge in [0, 0.05) is 5.92 Å². The minimum absolute atomic E-state index is 0.201. The highest BCUT2D eigenvalue weighted by atomic mass is 32.1. The number of thiazole rings is 1. The third-order valence-electron chi connectivity index (χ3n) is 3.48. The van der Waals surface area contributed by atoms with Crippen molar-refractivity contribution in [3.63, 3.8) is 0 Å². The van der Waals surface area contributed by atoms with Crippen LogP contribution in [0.5, 0.6) is 0 Å². The Morgan fingerprint density at radius 3 is 2.89 bits per heavy atom. The smallest absolute Gasteiger partial charge is 0.223 e. The van der Waals surface area contributed by atoms with E-state index < -0.39 is 0 Å². The van der Waals surface area contributed by atoms with Gasteiger partial charge in [0.2, 0.25) is 5.91 Å². The SMILES string of the molecule is O=C(NCc1nc2ccccc2s1)C1CCCC1. The first kappa shape index (κ1) is 11.7. The Labute approximate surface area is 110 Å². The summed E-state index contributed by atoms with van der Waals surface area (Å²) in [5.41, 5.74) is 1.02. The van der Waals surface area contributed by atoms with Crippen molar-refractivity contribution < 1.29 is 4.79 Å². The summed E-state index contributed by atoms with van der Waals surface area (Å²) in [5, 5.41) is 4.00. The summed E-state index contributed by atoms with van der Waals surface area (Å²) in [6.45, 7) is 0.564. The number of para-hydroxylation sites is 1. The van der Waals surface area contributed by atoms with Crippen LogP contribution in [0.15, 0.2) is 24.3 Å². The molecule has 3 rings (SSSR count). The Hall–Kier alpha value is -1.42. The van der Waals surface area contributed by atoms with Crippen molar-refractivity contribution in [2.45, 2.75) is 32.2 Å². The van der Waals surface area contributed by atoms with Gasteiger partial charge in [0.25, 0.3) is 0 Å². The van der Waals surface area contributed by atoms with Gasteiger partial charge in [-0.2, -0.15) is 0 Å². The third kappa shape index (κ3) is 2.38. The van der Waals surface area contributed by atoms with Gasteiger partial charge < -0.3 is 5.32 Å². The van der Waals surface area contributed by atoms with Crippen LogP contribution in [0.2, 0.25) is 0 Å². The van der Waals surface area contributed by atoms with Gasteiger partial charge in [-0.15, -0.1) is 11.3 Å². The lowest BCUT2D eigenvalue weighted by Crippen LogP contribution is -2.28. The molecule has 0 aliphatic heterocycles. The van der Waals surface area contributed by atoms with Crippen LogP contribution in [-0.2, 0) is 11.3 Å². The molecule has 0 radical (unpaired) electrons. The van der Waals surface area contributed by atoms with Crippen molar-refractivity contribution in [1.29, 1.82) is 0 Å². The molecule has 1 heterocycles. The number of carbonyl (C=O) groups is 1. The molecule has 3 nitrogen and oxygen atoms in total. The van der Waals surface area contributed by atoms with E-state index >= 15 is 0 Å². The zero-order valence-electron chi connectivity index (χ0n) is 10.2. The second-order valence-corrected chi connectivity index (χ2v) is 5.89. The van der Waals surface area contributed by atoms with E-state index in [9.17, 15) is 4.79 Å². The van der Waals surface area contributed by atoms with Crippen LogP contribution in [0.1, 0.15) is 30.7 Å². The fourth-order valence-electron chi connectivity index (χ4n) is 2.49. The van der Waals surface area contributed by atoms with Crippen molar-refractivity contribution in [2.75, 3.05) is 0 Å². The Bertz CT molecular complexity index is 525. The fourth-order valence-corrected chi connectivity index (χ4v) is 3.40. The lowest BCUT2D eigenvalue weighted by atomic mass is 10.1. The molecule has 1 aliphatic carbocycles. The van der Waals surface area contributed by atoms with Crippen LogP contribution < -0.4 is 5.32 Å². The first-order valence-corrected chi connectivity index (χ1v) is 7.27. The summed E-state index contributed by atoms with van der Waals surface area (Å²) in [6, 6.07) is 8.08. The van der Waals surface area contributed by atoms with Gasteiger partial charge in [-0.3, -0.25) is 4.79 Å². The summed E-state index contributed by atoms with van der Waals surface area (Å²) in [6.07, 6.45) is 4.48. The molecule has 18 heavy (non-hydrogen) atoms. The summed E-state index contributed by atoms with van der Waals surface area (Å²) in [7, 11) is 0. The van der Waals surface area contributed by atoms with Crippen molar-refractivity contribution in [3.05, 3.63) is 29.3 Å². The number of nitrogens with one attached hydrogen (secondary N) is 1. The first-order chi connectivity index (χ1) is 8.83. The fraction of sp³-hybridized carbons (Fsp3) is 0.429. The van der Waals surface area contributed by atoms with E-state index in [1.165, 1.54) is 17.5 Å². The molecule has 1 fully saturated rings. The standard InChI is InChI=1S/C14H16N2OS/c17-14(10-5-1-2-6-10)15-9-13-16-11-7-3-4-8-12(11)18-13/h3-4,7-8,10H,1-2,5-6,9H2,(H,15,17). The van der Waals surface area contributed by atoms with Crippen LogP contribution in [0.4, 0.5) is 0 Å². The molecule has 1 N–H and O–H groups in total. The van der Waals surface area contributed by atoms with Crippen LogP contribution in [0.25, 0.3) is 10.2 Å². The molecule has 4 heteroatoms. The number of benzene rings is 1. The Kier molecular flexibility index (Phi) is 3.28. The molecule has 0 saturated heterocycles. The van der Waals surface area contributed by atoms with Crippen LogP contribution >= 0.6 is 11.3 Å². The molecule has 0 unspecified atom stereocenters. The summed E-state index contributed by atoms with van der Waals surface area (Å²) in [4.78, 5) is 16.4. The van der Waals surface area contributed by atoms with E-state index in [-0.39, 0.29) is 11.8 Å². The number of carbonyl (C=O) groups excluding carboxylic acids is 1. The summed E-state index contributed by atoms with van der Waals surface area (Å²) < 4.78 is 1.18. The zero-order chi connectivity index (χ0) is 12.4. The minimum Gasteiger partial charge on any atom is -0.349 e. The van der Waals surface area contributed by atoms with E-state index in [1.54, 1.807) is 11.3 Å². The highest BCUT2D eigenvalue weighted by molar-refractivity contribution is 7.18. The molecule has 0 spiro atoms. The second-order valence-electron chi connectivity index (χ2n) is 4.77. The van der Waals surface area contributed by atoms with E-state index in [2.05, 4.69) is 16.4 Å². The van der Waals surface area contributed by atoms with Crippen LogP contribution in [0, 0.1) is 5.92 Å². The van der Waals surface area contributed by atoms with Crippen molar-refractivity contribution in [1.82, 2.24) is 10.3 Å². The maximum atomic E-state index is 11.9. The second kappa shape index (κ2) is 5.06. The summed E-state index contributed by atoms with van der Waals surface area (Å²) in [5.74, 6) is 0.436. The predicted octanol–water partition coefficient (Wildman–Crippen LogP) is 3.10. The first-order valence-electron chi connectivity index (χ1n) is 6.45. The molecule has 1 amide bonds. The highest BCUT2D eigenvalue weighted by Crippen LogP contribution is 2.25. The van der Waals surface area contributed by atoms with E-state index in [4.69, 9.17) is 0 Å². The maximum Gasteiger partial charge on any atom is 0.223 e. The predicted molar refractivity (Wildman–Crippen MR) is 73.4 cm³/mol. The third-order valence-corrected chi connectivity index (χ3v) is 4.51. The lowest BCUT2D eigenvalue weighted by Gasteiger charge is -2.08. The molecule has 0 bridgehead atoms. The largest absolute Gasteiger partial charge is 0.349 e. The number of amides is 1. The molecule has 2 aromatic rings. The number of aromatic nitrogens is 1. The van der Waals surface area contributed by atoms with Crippen molar-refractivity contribution >= 4 is 27.5 Å². The van der Waals surface area contributed by atoms with Gasteiger partial charge in [0.1, 0.15) is 5.01 Å². The molecule has 1 aliphatic rings. The topological polar surface area (TPSA) is 42.0 Å². The molecular formula is C14H16N2OS. The highest BCUT2D eigenvalue weighted by Gasteiger charge is 2.22. The van der Waals surface area contributed by atoms with Gasteiger partial charge in [-0.25, -0.2) is 4.98 Å². The number of nitrogens with zero attached hydrogens (tertiary/aromatic N) is 1. The quantitative estimate of drug-likeness (QED) is 0.921. The number of fused-ring (bicyclic) bond motifs is 1. The summed E-state index contributed by atoms with van der Waals surface area (Å²) >= 11 is 1.66. The monoisotopic (exact) mass is 260 g/mol. The zero-order valence-corrected chi connectivity index (χ0v) is 11.0. The Morgan fingerprint density at radius 1 is 1.33 bits per heavy atom. The molecule has 1 aromatic heterocycles. The van der Waals surface area contributed by atoms with Crippen LogP contribution in [-0.4, -0.2) is 10.9 Å². The van der Waals surface area contributed by atoms with Crippen molar-refractivity contribution in [3.8, 4) is 0 Å². The maximum absolute atomic E-state index is 11.9. The lowest BCUT2D eigenvalue weighted by molar-refractivity contribution is -0.124. The van der Waals surface area contributed by atoms with Gasteiger partial charge in [0.05, 0.1) is 16.8 Å². The number of hydrogen-bond donors (Lipinski definition) is 1. The minimum atomic E-state index is 0.201. The van der Waals surface area contributed by atoms with Gasteiger partial charge in [0.15, 0.2) is 0 Å². The average Bonchev–Trinajstić information content (AvgIpc) is 3.04. The number of rotatable bonds is 3. The van der Waals surface area contributed by atoms with E-state index in [1.807, 2.05) is 18.2 Å². The van der Waals surface area contributed by atoms with Gasteiger partial charge in [-0.05, 0) is 25.0 Å². The van der Waals surface area contributed by atoms with Gasteiger partial charge >= 0.3 is 0 Å². The molecular weight excluding hydrogens is 244 g/mol. The van der Waals surface area contributed by atoms with E-state index in [0.29, 0.717) is 6.54 Å². The van der Waals surface area contributed by atoms with Crippen molar-refractivity contribution in [2.24, 2.45) is 5.92 Å². The molecule has 1 aromatic carbocycles. The Balaban J connectivity index is 1.63. The molecule has 94 valence electrons. The number of hydrogen-bond acceptors (Lipinski definition) is 3. The molecule has 0 atom stereocenters. The average molecular weight is 260 g/mol. The van der Waals surface area contributed by atoms with E-state index in [0.717, 1.165) is 23.4 Å². The normalized spacial score (nSPS) is 16.2. The Morgan fingerprint density at radius 2 is 2.11 bits per heavy atom. The van der Waals surface area contributed by atoms with Crippen LogP contribution in [0.3, 0.4) is 0 Å². The van der Waals surface area contributed by atoms with Gasteiger partial charge in [-0.1, -0.05) is 25.0 Å². The molecule has 1 saturated carbocycles.